The molecule has 0 spiro atoms. The summed E-state index contributed by atoms with van der Waals surface area (Å²) in [4.78, 5) is 0. The van der Waals surface area contributed by atoms with Crippen LogP contribution in [0.4, 0.5) is 0 Å². The van der Waals surface area contributed by atoms with Crippen molar-refractivity contribution >= 4 is 5.65 Å². The van der Waals surface area contributed by atoms with E-state index in [-0.39, 0.29) is 6.10 Å². The van der Waals surface area contributed by atoms with Crippen LogP contribution in [0.15, 0.2) is 18.3 Å². The number of aromatic nitrogens is 4. The van der Waals surface area contributed by atoms with Crippen molar-refractivity contribution in [1.29, 1.82) is 0 Å². The van der Waals surface area contributed by atoms with Gasteiger partial charge in [0.25, 0.3) is 0 Å². The van der Waals surface area contributed by atoms with Gasteiger partial charge in [0.15, 0.2) is 11.5 Å². The highest BCUT2D eigenvalue weighted by molar-refractivity contribution is 5.34. The van der Waals surface area contributed by atoms with E-state index in [0.717, 1.165) is 11.5 Å². The summed E-state index contributed by atoms with van der Waals surface area (Å²) in [6.45, 7) is 0.457. The minimum Gasteiger partial charge on any atom is -0.380 e. The molecule has 2 aromatic heterocycles. The molecule has 0 amide bonds. The quantitative estimate of drug-likeness (QED) is 0.740. The lowest BCUT2D eigenvalue weighted by atomic mass is 10.2. The average Bonchev–Trinajstić information content (AvgIpc) is 2.69. The Labute approximate surface area is 87.1 Å². The van der Waals surface area contributed by atoms with Crippen LogP contribution in [-0.2, 0) is 11.2 Å². The second-order valence-electron chi connectivity index (χ2n) is 3.21. The van der Waals surface area contributed by atoms with Gasteiger partial charge < -0.3 is 10.5 Å². The first-order valence-electron chi connectivity index (χ1n) is 4.73. The maximum Gasteiger partial charge on any atom is 0.177 e. The van der Waals surface area contributed by atoms with Crippen LogP contribution in [0.1, 0.15) is 5.82 Å². The zero-order chi connectivity index (χ0) is 10.7. The molecular formula is C9H13N5O. The molecule has 0 bridgehead atoms. The van der Waals surface area contributed by atoms with Gasteiger partial charge in [-0.3, -0.25) is 0 Å². The molecule has 6 heteroatoms. The van der Waals surface area contributed by atoms with Gasteiger partial charge >= 0.3 is 0 Å². The normalized spacial score (nSPS) is 13.2. The summed E-state index contributed by atoms with van der Waals surface area (Å²) in [6, 6.07) is 3.68. The summed E-state index contributed by atoms with van der Waals surface area (Å²) in [5.74, 6) is 0.767. The molecule has 0 saturated carbocycles. The SMILES string of the molecule is COC(CN)Cc1nnc2cccnn12. The molecule has 0 aliphatic rings. The lowest BCUT2D eigenvalue weighted by Gasteiger charge is -2.10. The number of nitrogens with zero attached hydrogens (tertiary/aromatic N) is 4. The van der Waals surface area contributed by atoms with Crippen molar-refractivity contribution in [3.8, 4) is 0 Å². The first-order chi connectivity index (χ1) is 7.35. The van der Waals surface area contributed by atoms with Crippen molar-refractivity contribution in [2.45, 2.75) is 12.5 Å². The summed E-state index contributed by atoms with van der Waals surface area (Å²) >= 11 is 0. The molecule has 15 heavy (non-hydrogen) atoms. The molecule has 0 fully saturated rings. The fraction of sp³-hybridized carbons (Fsp3) is 0.444. The number of ether oxygens (including phenoxy) is 1. The molecular weight excluding hydrogens is 194 g/mol. The molecule has 0 aliphatic heterocycles. The van der Waals surface area contributed by atoms with E-state index in [1.807, 2.05) is 12.1 Å². The highest BCUT2D eigenvalue weighted by Gasteiger charge is 2.12. The van der Waals surface area contributed by atoms with Crippen LogP contribution in [0.3, 0.4) is 0 Å². The standard InChI is InChI=1S/C9H13N5O/c1-15-7(6-10)5-9-13-12-8-3-2-4-11-14(8)9/h2-4,7H,5-6,10H2,1H3. The van der Waals surface area contributed by atoms with Gasteiger partial charge in [0.1, 0.15) is 0 Å². The Bertz CT molecular complexity index is 437. The Morgan fingerprint density at radius 2 is 2.40 bits per heavy atom. The minimum atomic E-state index is -0.0422. The van der Waals surface area contributed by atoms with E-state index in [1.54, 1.807) is 17.8 Å². The Kier molecular flexibility index (Phi) is 2.89. The van der Waals surface area contributed by atoms with Gasteiger partial charge in [-0.2, -0.15) is 9.61 Å². The number of hydrogen-bond acceptors (Lipinski definition) is 5. The summed E-state index contributed by atoms with van der Waals surface area (Å²) in [5.41, 5.74) is 6.28. The predicted molar refractivity (Wildman–Crippen MR) is 54.3 cm³/mol. The number of fused-ring (bicyclic) bond motifs is 1. The zero-order valence-electron chi connectivity index (χ0n) is 8.50. The van der Waals surface area contributed by atoms with Crippen molar-refractivity contribution < 1.29 is 4.74 Å². The maximum atomic E-state index is 5.54. The molecule has 2 heterocycles. The second-order valence-corrected chi connectivity index (χ2v) is 3.21. The van der Waals surface area contributed by atoms with Crippen molar-refractivity contribution in [2.75, 3.05) is 13.7 Å². The topological polar surface area (TPSA) is 78.3 Å². The van der Waals surface area contributed by atoms with Gasteiger partial charge in [-0.05, 0) is 12.1 Å². The van der Waals surface area contributed by atoms with Crippen molar-refractivity contribution in [3.05, 3.63) is 24.2 Å². The number of rotatable bonds is 4. The van der Waals surface area contributed by atoms with Gasteiger partial charge in [-0.15, -0.1) is 10.2 Å². The van der Waals surface area contributed by atoms with E-state index in [0.29, 0.717) is 13.0 Å². The van der Waals surface area contributed by atoms with Crippen molar-refractivity contribution in [1.82, 2.24) is 19.8 Å². The van der Waals surface area contributed by atoms with Gasteiger partial charge in [0.05, 0.1) is 6.10 Å². The molecule has 80 valence electrons. The summed E-state index contributed by atoms with van der Waals surface area (Å²) < 4.78 is 6.88. The first-order valence-corrected chi connectivity index (χ1v) is 4.73. The fourth-order valence-electron chi connectivity index (χ4n) is 1.38. The van der Waals surface area contributed by atoms with Crippen LogP contribution in [-0.4, -0.2) is 39.6 Å². The Morgan fingerprint density at radius 1 is 1.53 bits per heavy atom. The Hall–Kier alpha value is -1.53. The molecule has 0 saturated heterocycles. The van der Waals surface area contributed by atoms with Crippen LogP contribution in [0, 0.1) is 0 Å². The highest BCUT2D eigenvalue weighted by atomic mass is 16.5. The fourth-order valence-corrected chi connectivity index (χ4v) is 1.38. The van der Waals surface area contributed by atoms with E-state index < -0.39 is 0 Å². The minimum absolute atomic E-state index is 0.0422. The van der Waals surface area contributed by atoms with Crippen LogP contribution in [0.5, 0.6) is 0 Å². The number of nitrogens with two attached hydrogens (primary N) is 1. The molecule has 1 atom stereocenters. The van der Waals surface area contributed by atoms with Crippen LogP contribution in [0.2, 0.25) is 0 Å². The Balaban J connectivity index is 2.28. The molecule has 0 radical (unpaired) electrons. The van der Waals surface area contributed by atoms with E-state index in [9.17, 15) is 0 Å². The van der Waals surface area contributed by atoms with E-state index in [4.69, 9.17) is 10.5 Å². The molecule has 2 aromatic rings. The van der Waals surface area contributed by atoms with E-state index in [2.05, 4.69) is 15.3 Å². The number of methoxy groups -OCH3 is 1. The molecule has 6 nitrogen and oxygen atoms in total. The average molecular weight is 207 g/mol. The van der Waals surface area contributed by atoms with Crippen molar-refractivity contribution in [2.24, 2.45) is 5.73 Å². The lowest BCUT2D eigenvalue weighted by molar-refractivity contribution is 0.108. The van der Waals surface area contributed by atoms with Gasteiger partial charge in [0, 0.05) is 26.3 Å². The van der Waals surface area contributed by atoms with Crippen LogP contribution >= 0.6 is 0 Å². The van der Waals surface area contributed by atoms with E-state index >= 15 is 0 Å². The maximum absolute atomic E-state index is 5.54. The second kappa shape index (κ2) is 4.33. The molecule has 0 aromatic carbocycles. The smallest absolute Gasteiger partial charge is 0.177 e. The largest absolute Gasteiger partial charge is 0.380 e. The first kappa shape index (κ1) is 10.0. The molecule has 2 N–H and O–H groups in total. The van der Waals surface area contributed by atoms with Crippen LogP contribution in [0.25, 0.3) is 5.65 Å². The molecule has 2 rings (SSSR count). The summed E-state index contributed by atoms with van der Waals surface area (Å²) in [5, 5.41) is 12.2. The van der Waals surface area contributed by atoms with Crippen molar-refractivity contribution in [3.63, 3.8) is 0 Å². The van der Waals surface area contributed by atoms with Gasteiger partial charge in [-0.1, -0.05) is 0 Å². The highest BCUT2D eigenvalue weighted by Crippen LogP contribution is 2.04. The number of hydrogen-bond donors (Lipinski definition) is 1. The third-order valence-electron chi connectivity index (χ3n) is 2.25. The Morgan fingerprint density at radius 3 is 3.13 bits per heavy atom. The monoisotopic (exact) mass is 207 g/mol. The van der Waals surface area contributed by atoms with Crippen LogP contribution < -0.4 is 5.73 Å². The lowest BCUT2D eigenvalue weighted by Crippen LogP contribution is -2.25. The third kappa shape index (κ3) is 1.95. The zero-order valence-corrected chi connectivity index (χ0v) is 8.50. The summed E-state index contributed by atoms with van der Waals surface area (Å²) in [6.07, 6.45) is 2.27. The summed E-state index contributed by atoms with van der Waals surface area (Å²) in [7, 11) is 1.63. The van der Waals surface area contributed by atoms with E-state index in [1.165, 1.54) is 0 Å². The predicted octanol–water partition coefficient (Wildman–Crippen LogP) is -0.360. The van der Waals surface area contributed by atoms with Gasteiger partial charge in [0.2, 0.25) is 0 Å². The van der Waals surface area contributed by atoms with Gasteiger partial charge in [-0.25, -0.2) is 0 Å². The molecule has 0 aliphatic carbocycles. The third-order valence-corrected chi connectivity index (χ3v) is 2.25. The molecule has 1 unspecified atom stereocenters.